The Morgan fingerprint density at radius 3 is 2.63 bits per heavy atom. The van der Waals surface area contributed by atoms with Gasteiger partial charge < -0.3 is 15.8 Å². The van der Waals surface area contributed by atoms with Gasteiger partial charge in [0.1, 0.15) is 0 Å². The van der Waals surface area contributed by atoms with Gasteiger partial charge in [-0.05, 0) is 38.5 Å². The lowest BCUT2D eigenvalue weighted by Gasteiger charge is -2.26. The fourth-order valence-corrected chi connectivity index (χ4v) is 1.97. The monoisotopic (exact) mass is 327 g/mol. The van der Waals surface area contributed by atoms with Gasteiger partial charge in [0.15, 0.2) is 5.84 Å². The van der Waals surface area contributed by atoms with Gasteiger partial charge >= 0.3 is 0 Å². The third-order valence-corrected chi connectivity index (χ3v) is 3.62. The molecule has 0 aliphatic carbocycles. The molecular weight excluding hydrogens is 310 g/mol. The summed E-state index contributed by atoms with van der Waals surface area (Å²) in [5, 5.41) is 11.5. The van der Waals surface area contributed by atoms with Crippen molar-refractivity contribution in [3.05, 3.63) is 33.8 Å². The fourth-order valence-electron chi connectivity index (χ4n) is 1.59. The van der Waals surface area contributed by atoms with Crippen LogP contribution in [0.1, 0.15) is 29.8 Å². The molecule has 0 saturated carbocycles. The zero-order chi connectivity index (χ0) is 14.6. The topological polar surface area (TPSA) is 78.9 Å². The average molecular weight is 328 g/mol. The Kier molecular flexibility index (Phi) is 5.35. The van der Waals surface area contributed by atoms with Crippen LogP contribution in [0.2, 0.25) is 0 Å². The van der Waals surface area contributed by atoms with Crippen molar-refractivity contribution in [2.45, 2.75) is 26.8 Å². The highest BCUT2D eigenvalue weighted by Crippen LogP contribution is 2.19. The highest BCUT2D eigenvalue weighted by molar-refractivity contribution is 9.10. The third-order valence-electron chi connectivity index (χ3n) is 2.76. The van der Waals surface area contributed by atoms with Crippen molar-refractivity contribution in [1.29, 1.82) is 0 Å². The van der Waals surface area contributed by atoms with Crippen molar-refractivity contribution in [2.24, 2.45) is 10.9 Å². The Morgan fingerprint density at radius 1 is 1.53 bits per heavy atom. The number of hydrogen-bond donors (Lipinski definition) is 2. The molecule has 0 aliphatic rings. The molecule has 0 heterocycles. The van der Waals surface area contributed by atoms with Crippen LogP contribution in [0.15, 0.2) is 27.8 Å². The summed E-state index contributed by atoms with van der Waals surface area (Å²) in [5.41, 5.74) is 7.10. The first-order chi connectivity index (χ1) is 8.86. The Labute approximate surface area is 121 Å². The molecule has 0 bridgehead atoms. The van der Waals surface area contributed by atoms with Crippen molar-refractivity contribution < 1.29 is 10.0 Å². The predicted molar refractivity (Wildman–Crippen MR) is 78.5 cm³/mol. The molecule has 104 valence electrons. The highest BCUT2D eigenvalue weighted by Gasteiger charge is 2.20. The molecule has 0 atom stereocenters. The van der Waals surface area contributed by atoms with Gasteiger partial charge in [-0.25, -0.2) is 0 Å². The van der Waals surface area contributed by atoms with Gasteiger partial charge in [-0.2, -0.15) is 0 Å². The molecule has 3 N–H and O–H groups in total. The van der Waals surface area contributed by atoms with Crippen LogP contribution < -0.4 is 5.73 Å². The fraction of sp³-hybridized carbons (Fsp3) is 0.385. The standard InChI is InChI=1S/C13H18BrN3O2/c1-8(2)17(7-12(15)16-19)13(18)10-5-4-9(3)11(14)6-10/h4-6,8,19H,7H2,1-3H3,(H2,15,16). The van der Waals surface area contributed by atoms with E-state index in [9.17, 15) is 4.79 Å². The molecule has 5 nitrogen and oxygen atoms in total. The minimum atomic E-state index is -0.151. The molecule has 1 aromatic rings. The lowest BCUT2D eigenvalue weighted by atomic mass is 10.1. The predicted octanol–water partition coefficient (Wildman–Crippen LogP) is 2.35. The average Bonchev–Trinajstić information content (AvgIpc) is 2.37. The van der Waals surface area contributed by atoms with E-state index in [1.165, 1.54) is 0 Å². The Morgan fingerprint density at radius 2 is 2.16 bits per heavy atom. The quantitative estimate of drug-likeness (QED) is 0.385. The number of carbonyl (C=O) groups excluding carboxylic acids is 1. The second-order valence-electron chi connectivity index (χ2n) is 4.58. The van der Waals surface area contributed by atoms with Gasteiger partial charge in [0.2, 0.25) is 0 Å². The number of nitrogens with zero attached hydrogens (tertiary/aromatic N) is 2. The molecule has 6 heteroatoms. The molecule has 19 heavy (non-hydrogen) atoms. The van der Waals surface area contributed by atoms with Crippen molar-refractivity contribution in [1.82, 2.24) is 4.90 Å². The summed E-state index contributed by atoms with van der Waals surface area (Å²) in [7, 11) is 0. The summed E-state index contributed by atoms with van der Waals surface area (Å²) in [6, 6.07) is 5.37. The lowest BCUT2D eigenvalue weighted by molar-refractivity contribution is 0.0734. The van der Waals surface area contributed by atoms with Crippen LogP contribution in [0.3, 0.4) is 0 Å². The van der Waals surface area contributed by atoms with Gasteiger partial charge in [-0.1, -0.05) is 27.2 Å². The number of carbonyl (C=O) groups is 1. The number of halogens is 1. The first-order valence-corrected chi connectivity index (χ1v) is 6.69. The molecule has 1 amide bonds. The van der Waals surface area contributed by atoms with E-state index in [2.05, 4.69) is 21.1 Å². The van der Waals surface area contributed by atoms with Crippen molar-refractivity contribution in [3.8, 4) is 0 Å². The first kappa shape index (κ1) is 15.5. The third kappa shape index (κ3) is 3.96. The van der Waals surface area contributed by atoms with Crippen LogP contribution in [0.5, 0.6) is 0 Å². The van der Waals surface area contributed by atoms with Crippen LogP contribution >= 0.6 is 15.9 Å². The number of oxime groups is 1. The second kappa shape index (κ2) is 6.56. The highest BCUT2D eigenvalue weighted by atomic mass is 79.9. The van der Waals surface area contributed by atoms with E-state index < -0.39 is 0 Å². The van der Waals surface area contributed by atoms with Gasteiger partial charge in [0.05, 0.1) is 6.54 Å². The number of amidine groups is 1. The summed E-state index contributed by atoms with van der Waals surface area (Å²) in [6.07, 6.45) is 0. The number of nitrogens with two attached hydrogens (primary N) is 1. The minimum Gasteiger partial charge on any atom is -0.409 e. The molecule has 1 aromatic carbocycles. The van der Waals surface area contributed by atoms with Gasteiger partial charge in [-0.15, -0.1) is 0 Å². The van der Waals surface area contributed by atoms with Crippen LogP contribution in [-0.4, -0.2) is 34.4 Å². The summed E-state index contributed by atoms with van der Waals surface area (Å²) in [4.78, 5) is 14.0. The minimum absolute atomic E-state index is 0.00762. The Hall–Kier alpha value is -1.56. The number of aryl methyl sites for hydroxylation is 1. The Bertz CT molecular complexity index is 501. The first-order valence-electron chi connectivity index (χ1n) is 5.90. The number of hydrogen-bond acceptors (Lipinski definition) is 3. The molecule has 0 fully saturated rings. The van der Waals surface area contributed by atoms with Gasteiger partial charge in [-0.3, -0.25) is 4.79 Å². The molecule has 0 aromatic heterocycles. The number of rotatable bonds is 4. The molecule has 0 radical (unpaired) electrons. The maximum Gasteiger partial charge on any atom is 0.254 e. The van der Waals surface area contributed by atoms with E-state index in [0.717, 1.165) is 10.0 Å². The SMILES string of the molecule is Cc1ccc(C(=O)N(C/C(N)=N/O)C(C)C)cc1Br. The maximum absolute atomic E-state index is 12.4. The zero-order valence-electron chi connectivity index (χ0n) is 11.2. The van der Waals surface area contributed by atoms with E-state index >= 15 is 0 Å². The van der Waals surface area contributed by atoms with Crippen molar-refractivity contribution in [2.75, 3.05) is 6.54 Å². The molecule has 1 rings (SSSR count). The van der Waals surface area contributed by atoms with E-state index in [1.807, 2.05) is 26.8 Å². The summed E-state index contributed by atoms with van der Waals surface area (Å²) < 4.78 is 0.880. The largest absolute Gasteiger partial charge is 0.409 e. The summed E-state index contributed by atoms with van der Waals surface area (Å²) in [5.74, 6) is -0.143. The molecule has 0 aliphatic heterocycles. The number of benzene rings is 1. The van der Waals surface area contributed by atoms with E-state index in [-0.39, 0.29) is 24.3 Å². The van der Waals surface area contributed by atoms with Crippen LogP contribution in [0.4, 0.5) is 0 Å². The van der Waals surface area contributed by atoms with Crippen LogP contribution in [-0.2, 0) is 0 Å². The normalized spacial score (nSPS) is 11.7. The van der Waals surface area contributed by atoms with Gasteiger partial charge in [0, 0.05) is 16.1 Å². The lowest BCUT2D eigenvalue weighted by Crippen LogP contribution is -2.42. The van der Waals surface area contributed by atoms with E-state index in [4.69, 9.17) is 10.9 Å². The molecule has 0 unspecified atom stereocenters. The second-order valence-corrected chi connectivity index (χ2v) is 5.44. The smallest absolute Gasteiger partial charge is 0.254 e. The van der Waals surface area contributed by atoms with E-state index in [1.54, 1.807) is 17.0 Å². The molecule has 0 spiro atoms. The van der Waals surface area contributed by atoms with Gasteiger partial charge in [0.25, 0.3) is 5.91 Å². The summed E-state index contributed by atoms with van der Waals surface area (Å²) in [6.45, 7) is 5.81. The van der Waals surface area contributed by atoms with E-state index in [0.29, 0.717) is 5.56 Å². The van der Waals surface area contributed by atoms with Crippen molar-refractivity contribution in [3.63, 3.8) is 0 Å². The Balaban J connectivity index is 3.02. The van der Waals surface area contributed by atoms with Crippen molar-refractivity contribution >= 4 is 27.7 Å². The summed E-state index contributed by atoms with van der Waals surface area (Å²) >= 11 is 3.41. The zero-order valence-corrected chi connectivity index (χ0v) is 12.8. The maximum atomic E-state index is 12.4. The molecular formula is C13H18BrN3O2. The van der Waals surface area contributed by atoms with Crippen LogP contribution in [0, 0.1) is 6.92 Å². The van der Waals surface area contributed by atoms with Crippen LogP contribution in [0.25, 0.3) is 0 Å². The molecule has 0 saturated heterocycles. The number of amides is 1.